The molecule has 33 heavy (non-hydrogen) atoms. The standard InChI is InChI=1S/C23H25F3N6O/c1-17-14-21(32(29-17)19-6-3-2-4-7-19)28-22(33)16-30-10-5-11-31(13-12-30)20-9-8-18(15-27-20)23(24,25)26/h2-4,6-9,14-15H,5,10-13,16H2,1H3,(H,28,33). The predicted molar refractivity (Wildman–Crippen MR) is 119 cm³/mol. The van der Waals surface area contributed by atoms with Gasteiger partial charge in [-0.25, -0.2) is 9.67 Å². The molecule has 4 rings (SSSR count). The van der Waals surface area contributed by atoms with Crippen LogP contribution in [-0.2, 0) is 11.0 Å². The fraction of sp³-hybridized carbons (Fsp3) is 0.348. The average Bonchev–Trinajstić information content (AvgIpc) is 2.99. The summed E-state index contributed by atoms with van der Waals surface area (Å²) in [5.74, 6) is 0.971. The number of carbonyl (C=O) groups excluding carboxylic acids is 1. The van der Waals surface area contributed by atoms with Gasteiger partial charge in [-0.05, 0) is 37.6 Å². The van der Waals surface area contributed by atoms with E-state index >= 15 is 0 Å². The van der Waals surface area contributed by atoms with Gasteiger partial charge in [-0.15, -0.1) is 0 Å². The van der Waals surface area contributed by atoms with Crippen molar-refractivity contribution in [1.82, 2.24) is 19.7 Å². The van der Waals surface area contributed by atoms with Gasteiger partial charge in [-0.3, -0.25) is 9.69 Å². The maximum atomic E-state index is 12.8. The summed E-state index contributed by atoms with van der Waals surface area (Å²) >= 11 is 0. The minimum atomic E-state index is -4.40. The highest BCUT2D eigenvalue weighted by molar-refractivity contribution is 5.91. The lowest BCUT2D eigenvalue weighted by molar-refractivity contribution is -0.137. The summed E-state index contributed by atoms with van der Waals surface area (Å²) < 4.78 is 40.0. The van der Waals surface area contributed by atoms with E-state index in [9.17, 15) is 18.0 Å². The first-order valence-electron chi connectivity index (χ1n) is 10.7. The lowest BCUT2D eigenvalue weighted by Crippen LogP contribution is -2.36. The molecule has 0 spiro atoms. The normalized spacial score (nSPS) is 15.3. The van der Waals surface area contributed by atoms with Crippen molar-refractivity contribution in [3.63, 3.8) is 0 Å². The predicted octanol–water partition coefficient (Wildman–Crippen LogP) is 3.75. The molecule has 1 fully saturated rings. The summed E-state index contributed by atoms with van der Waals surface area (Å²) in [5, 5.41) is 7.41. The van der Waals surface area contributed by atoms with E-state index in [2.05, 4.69) is 15.4 Å². The van der Waals surface area contributed by atoms with Crippen molar-refractivity contribution in [3.8, 4) is 5.69 Å². The lowest BCUT2D eigenvalue weighted by atomic mass is 10.2. The van der Waals surface area contributed by atoms with Crippen LogP contribution in [0, 0.1) is 6.92 Å². The molecule has 0 saturated carbocycles. The van der Waals surface area contributed by atoms with Gasteiger partial charge in [0, 0.05) is 38.4 Å². The van der Waals surface area contributed by atoms with E-state index in [0.717, 1.165) is 30.1 Å². The van der Waals surface area contributed by atoms with Crippen LogP contribution in [0.5, 0.6) is 0 Å². The third-order valence-corrected chi connectivity index (χ3v) is 5.45. The van der Waals surface area contributed by atoms with Gasteiger partial charge in [0.05, 0.1) is 23.5 Å². The number of nitrogens with zero attached hydrogens (tertiary/aromatic N) is 5. The Balaban J connectivity index is 1.35. The number of hydrogen-bond acceptors (Lipinski definition) is 5. The number of pyridine rings is 1. The van der Waals surface area contributed by atoms with Crippen molar-refractivity contribution >= 4 is 17.5 Å². The van der Waals surface area contributed by atoms with E-state index in [-0.39, 0.29) is 12.5 Å². The monoisotopic (exact) mass is 458 g/mol. The number of alkyl halides is 3. The Morgan fingerprint density at radius 2 is 1.85 bits per heavy atom. The van der Waals surface area contributed by atoms with Crippen molar-refractivity contribution in [2.24, 2.45) is 0 Å². The quantitative estimate of drug-likeness (QED) is 0.631. The number of rotatable bonds is 5. The molecule has 3 aromatic rings. The molecular weight excluding hydrogens is 433 g/mol. The molecule has 1 amide bonds. The zero-order chi connectivity index (χ0) is 23.4. The number of para-hydroxylation sites is 1. The zero-order valence-corrected chi connectivity index (χ0v) is 18.2. The Bertz CT molecular complexity index is 1080. The van der Waals surface area contributed by atoms with E-state index in [1.807, 2.05) is 53.1 Å². The number of nitrogens with one attached hydrogen (secondary N) is 1. The molecule has 2 aromatic heterocycles. The average molecular weight is 458 g/mol. The number of aryl methyl sites for hydroxylation is 1. The van der Waals surface area contributed by atoms with Gasteiger partial charge in [-0.1, -0.05) is 18.2 Å². The summed E-state index contributed by atoms with van der Waals surface area (Å²) in [5.41, 5.74) is 0.892. The van der Waals surface area contributed by atoms with E-state index in [0.29, 0.717) is 37.8 Å². The van der Waals surface area contributed by atoms with E-state index in [1.54, 1.807) is 4.68 Å². The van der Waals surface area contributed by atoms with Crippen LogP contribution in [0.25, 0.3) is 5.69 Å². The van der Waals surface area contributed by atoms with Crippen LogP contribution in [0.15, 0.2) is 54.7 Å². The van der Waals surface area contributed by atoms with Crippen LogP contribution in [0.1, 0.15) is 17.7 Å². The maximum Gasteiger partial charge on any atom is 0.417 e. The SMILES string of the molecule is Cc1cc(NC(=O)CN2CCCN(c3ccc(C(F)(F)F)cn3)CC2)n(-c2ccccc2)n1. The second kappa shape index (κ2) is 9.62. The lowest BCUT2D eigenvalue weighted by Gasteiger charge is -2.22. The van der Waals surface area contributed by atoms with Crippen molar-refractivity contribution in [2.75, 3.05) is 42.9 Å². The molecule has 1 aromatic carbocycles. The number of benzene rings is 1. The summed E-state index contributed by atoms with van der Waals surface area (Å²) in [6, 6.07) is 13.8. The van der Waals surface area contributed by atoms with Crippen molar-refractivity contribution in [3.05, 3.63) is 66.0 Å². The molecule has 174 valence electrons. The van der Waals surface area contributed by atoms with Gasteiger partial charge in [0.1, 0.15) is 11.6 Å². The van der Waals surface area contributed by atoms with Crippen molar-refractivity contribution in [2.45, 2.75) is 19.5 Å². The Kier molecular flexibility index (Phi) is 6.64. The first kappa shape index (κ1) is 22.8. The number of aromatic nitrogens is 3. The van der Waals surface area contributed by atoms with Crippen LogP contribution in [0.3, 0.4) is 0 Å². The minimum absolute atomic E-state index is 0.145. The molecule has 7 nitrogen and oxygen atoms in total. The maximum absolute atomic E-state index is 12.8. The molecule has 3 heterocycles. The number of halogens is 3. The second-order valence-electron chi connectivity index (χ2n) is 7.99. The Morgan fingerprint density at radius 1 is 1.06 bits per heavy atom. The van der Waals surface area contributed by atoms with E-state index in [1.165, 1.54) is 6.07 Å². The number of amides is 1. The van der Waals surface area contributed by atoms with Gasteiger partial charge in [0.25, 0.3) is 0 Å². The van der Waals surface area contributed by atoms with E-state index in [4.69, 9.17) is 0 Å². The first-order valence-corrected chi connectivity index (χ1v) is 10.7. The van der Waals surface area contributed by atoms with Gasteiger partial charge in [0.2, 0.25) is 5.91 Å². The van der Waals surface area contributed by atoms with Gasteiger partial charge in [-0.2, -0.15) is 18.3 Å². The summed E-state index contributed by atoms with van der Waals surface area (Å²) in [6.45, 7) is 4.64. The molecule has 10 heteroatoms. The van der Waals surface area contributed by atoms with Crippen LogP contribution in [0.4, 0.5) is 24.8 Å². The Morgan fingerprint density at radius 3 is 2.55 bits per heavy atom. The number of anilines is 2. The minimum Gasteiger partial charge on any atom is -0.355 e. The molecule has 1 aliphatic heterocycles. The fourth-order valence-corrected chi connectivity index (χ4v) is 3.84. The third-order valence-electron chi connectivity index (χ3n) is 5.45. The summed E-state index contributed by atoms with van der Waals surface area (Å²) in [7, 11) is 0. The smallest absolute Gasteiger partial charge is 0.355 e. The zero-order valence-electron chi connectivity index (χ0n) is 18.2. The van der Waals surface area contributed by atoms with Gasteiger partial charge < -0.3 is 10.2 Å². The third kappa shape index (κ3) is 5.70. The highest BCUT2D eigenvalue weighted by atomic mass is 19.4. The van der Waals surface area contributed by atoms with Crippen LogP contribution >= 0.6 is 0 Å². The largest absolute Gasteiger partial charge is 0.417 e. The molecule has 1 N–H and O–H groups in total. The van der Waals surface area contributed by atoms with Gasteiger partial charge in [0.15, 0.2) is 0 Å². The van der Waals surface area contributed by atoms with Crippen LogP contribution < -0.4 is 10.2 Å². The van der Waals surface area contributed by atoms with Crippen molar-refractivity contribution < 1.29 is 18.0 Å². The highest BCUT2D eigenvalue weighted by Gasteiger charge is 2.31. The summed E-state index contributed by atoms with van der Waals surface area (Å²) in [6.07, 6.45) is -2.76. The molecule has 0 bridgehead atoms. The fourth-order valence-electron chi connectivity index (χ4n) is 3.84. The topological polar surface area (TPSA) is 66.3 Å². The molecular formula is C23H25F3N6O. The molecule has 0 atom stereocenters. The molecule has 0 aliphatic carbocycles. The van der Waals surface area contributed by atoms with E-state index < -0.39 is 11.7 Å². The van der Waals surface area contributed by atoms with Gasteiger partial charge >= 0.3 is 6.18 Å². The first-order chi connectivity index (χ1) is 15.8. The van der Waals surface area contributed by atoms with Crippen LogP contribution in [0.2, 0.25) is 0 Å². The molecule has 1 saturated heterocycles. The number of carbonyl (C=O) groups is 1. The highest BCUT2D eigenvalue weighted by Crippen LogP contribution is 2.29. The second-order valence-corrected chi connectivity index (χ2v) is 7.99. The van der Waals surface area contributed by atoms with Crippen LogP contribution in [-0.4, -0.2) is 58.3 Å². The van der Waals surface area contributed by atoms with Crippen molar-refractivity contribution in [1.29, 1.82) is 0 Å². The Labute approximate surface area is 189 Å². The summed E-state index contributed by atoms with van der Waals surface area (Å²) in [4.78, 5) is 20.7. The Hall–Kier alpha value is -3.40. The molecule has 0 unspecified atom stereocenters. The molecule has 1 aliphatic rings. The number of hydrogen-bond donors (Lipinski definition) is 1. The molecule has 0 radical (unpaired) electrons.